The zero-order chi connectivity index (χ0) is 23.8. The monoisotopic (exact) mass is 457 g/mol. The van der Waals surface area contributed by atoms with Gasteiger partial charge >= 0.3 is 6.09 Å². The number of fused-ring (bicyclic) bond motifs is 2. The molecule has 3 N–H and O–H groups in total. The minimum atomic E-state index is -0.892. The van der Waals surface area contributed by atoms with Crippen molar-refractivity contribution >= 4 is 23.7 Å². The average molecular weight is 458 g/mol. The quantitative estimate of drug-likeness (QED) is 0.545. The third-order valence-electron chi connectivity index (χ3n) is 6.40. The summed E-state index contributed by atoms with van der Waals surface area (Å²) in [7, 11) is 0. The molecule has 4 atom stereocenters. The summed E-state index contributed by atoms with van der Waals surface area (Å²) in [5.41, 5.74) is 0.838. The van der Waals surface area contributed by atoms with Crippen LogP contribution < -0.4 is 16.0 Å². The van der Waals surface area contributed by atoms with Crippen molar-refractivity contribution < 1.29 is 23.9 Å². The molecule has 2 aliphatic rings. The highest BCUT2D eigenvalue weighted by molar-refractivity contribution is 6.38. The number of carbonyl (C=O) groups excluding carboxylic acids is 4. The van der Waals surface area contributed by atoms with Gasteiger partial charge < -0.3 is 20.7 Å². The lowest BCUT2D eigenvalue weighted by molar-refractivity contribution is -0.140. The summed E-state index contributed by atoms with van der Waals surface area (Å²) in [6.45, 7) is 4.48. The Labute approximate surface area is 195 Å². The fraction of sp³-hybridized carbons (Fsp3) is 0.600. The van der Waals surface area contributed by atoms with Crippen molar-refractivity contribution in [3.63, 3.8) is 0 Å². The van der Waals surface area contributed by atoms with Gasteiger partial charge in [0.2, 0.25) is 11.7 Å². The minimum Gasteiger partial charge on any atom is -0.445 e. The van der Waals surface area contributed by atoms with E-state index in [1.807, 2.05) is 44.2 Å². The van der Waals surface area contributed by atoms with Crippen molar-refractivity contribution in [2.75, 3.05) is 6.54 Å². The Kier molecular flexibility index (Phi) is 8.86. The minimum absolute atomic E-state index is 0.0901. The molecule has 0 aromatic heterocycles. The normalized spacial score (nSPS) is 24.0. The number of alkyl carbamates (subject to hydrolysis) is 1. The third-order valence-corrected chi connectivity index (χ3v) is 6.40. The van der Waals surface area contributed by atoms with Crippen molar-refractivity contribution in [2.24, 2.45) is 17.8 Å². The Morgan fingerprint density at radius 2 is 1.82 bits per heavy atom. The molecule has 1 aromatic carbocycles. The molecule has 0 radical (unpaired) electrons. The van der Waals surface area contributed by atoms with Crippen molar-refractivity contribution in [3.8, 4) is 0 Å². The van der Waals surface area contributed by atoms with Crippen molar-refractivity contribution in [1.29, 1.82) is 0 Å². The predicted molar refractivity (Wildman–Crippen MR) is 123 cm³/mol. The smallest absolute Gasteiger partial charge is 0.408 e. The number of nitrogens with one attached hydrogen (secondary N) is 3. The van der Waals surface area contributed by atoms with Crippen LogP contribution in [0.25, 0.3) is 0 Å². The summed E-state index contributed by atoms with van der Waals surface area (Å²) < 4.78 is 5.26. The molecule has 3 rings (SSSR count). The van der Waals surface area contributed by atoms with E-state index in [4.69, 9.17) is 4.74 Å². The molecule has 1 heterocycles. The van der Waals surface area contributed by atoms with E-state index in [1.54, 1.807) is 0 Å². The molecule has 1 saturated carbocycles. The van der Waals surface area contributed by atoms with E-state index < -0.39 is 35.8 Å². The molecule has 8 nitrogen and oxygen atoms in total. The Morgan fingerprint density at radius 1 is 1.09 bits per heavy atom. The maximum Gasteiger partial charge on any atom is 0.408 e. The van der Waals surface area contributed by atoms with E-state index in [-0.39, 0.29) is 18.4 Å². The second-order valence-electron chi connectivity index (χ2n) is 9.66. The number of carbonyl (C=O) groups is 4. The van der Waals surface area contributed by atoms with Gasteiger partial charge in [0.25, 0.3) is 5.91 Å². The van der Waals surface area contributed by atoms with Crippen LogP contribution in [0, 0.1) is 17.8 Å². The van der Waals surface area contributed by atoms with Gasteiger partial charge in [0.15, 0.2) is 0 Å². The van der Waals surface area contributed by atoms with Crippen LogP contribution in [-0.2, 0) is 25.7 Å². The third kappa shape index (κ3) is 7.58. The van der Waals surface area contributed by atoms with Crippen LogP contribution in [0.4, 0.5) is 4.79 Å². The van der Waals surface area contributed by atoms with Crippen LogP contribution in [-0.4, -0.2) is 42.3 Å². The zero-order valence-corrected chi connectivity index (χ0v) is 19.5. The van der Waals surface area contributed by atoms with E-state index in [1.165, 1.54) is 0 Å². The molecule has 4 unspecified atom stereocenters. The van der Waals surface area contributed by atoms with Gasteiger partial charge in [-0.2, -0.15) is 0 Å². The van der Waals surface area contributed by atoms with Gasteiger partial charge in [0.05, 0.1) is 6.04 Å². The van der Waals surface area contributed by atoms with E-state index in [9.17, 15) is 19.2 Å². The van der Waals surface area contributed by atoms with Crippen molar-refractivity contribution in [2.45, 2.75) is 71.1 Å². The lowest BCUT2D eigenvalue weighted by Gasteiger charge is -2.30. The fourth-order valence-electron chi connectivity index (χ4n) is 4.73. The van der Waals surface area contributed by atoms with Crippen LogP contribution in [0.15, 0.2) is 30.3 Å². The summed E-state index contributed by atoms with van der Waals surface area (Å²) in [6.07, 6.45) is 4.17. The molecular formula is C25H35N3O5. The molecule has 180 valence electrons. The zero-order valence-electron chi connectivity index (χ0n) is 19.5. The van der Waals surface area contributed by atoms with Gasteiger partial charge in [-0.25, -0.2) is 4.79 Å². The molecule has 0 spiro atoms. The van der Waals surface area contributed by atoms with Crippen molar-refractivity contribution in [1.82, 2.24) is 16.0 Å². The van der Waals surface area contributed by atoms with Gasteiger partial charge in [0, 0.05) is 6.54 Å². The van der Waals surface area contributed by atoms with Gasteiger partial charge in [-0.1, -0.05) is 57.0 Å². The molecule has 33 heavy (non-hydrogen) atoms. The molecule has 3 amide bonds. The Bertz CT molecular complexity index is 842. The number of amides is 3. The lowest BCUT2D eigenvalue weighted by Crippen LogP contribution is -2.54. The van der Waals surface area contributed by atoms with Crippen LogP contribution in [0.2, 0.25) is 0 Å². The second-order valence-corrected chi connectivity index (χ2v) is 9.66. The molecule has 2 bridgehead atoms. The molecule has 2 fully saturated rings. The predicted octanol–water partition coefficient (Wildman–Crippen LogP) is 2.71. The van der Waals surface area contributed by atoms with Crippen LogP contribution in [0.5, 0.6) is 0 Å². The van der Waals surface area contributed by atoms with E-state index in [0.717, 1.165) is 31.2 Å². The number of hydrogen-bond acceptors (Lipinski definition) is 5. The SMILES string of the molecule is CC(C)CC(NC(=O)OCc1ccccc1)C(=O)NC1CC2CCCC(CNC(=O)C1=O)C2. The maximum atomic E-state index is 13.1. The number of ketones is 1. The number of rotatable bonds is 7. The highest BCUT2D eigenvalue weighted by atomic mass is 16.5. The van der Waals surface area contributed by atoms with E-state index in [2.05, 4.69) is 16.0 Å². The molecule has 1 aliphatic carbocycles. The topological polar surface area (TPSA) is 114 Å². The molecule has 1 aliphatic heterocycles. The van der Waals surface area contributed by atoms with Crippen LogP contribution >= 0.6 is 0 Å². The Hall–Kier alpha value is -2.90. The van der Waals surface area contributed by atoms with Crippen molar-refractivity contribution in [3.05, 3.63) is 35.9 Å². The summed E-state index contributed by atoms with van der Waals surface area (Å²) >= 11 is 0. The van der Waals surface area contributed by atoms with Gasteiger partial charge in [0.1, 0.15) is 12.6 Å². The summed E-state index contributed by atoms with van der Waals surface area (Å²) in [4.78, 5) is 50.6. The summed E-state index contributed by atoms with van der Waals surface area (Å²) in [6, 6.07) is 7.51. The highest BCUT2D eigenvalue weighted by Crippen LogP contribution is 2.32. The second kappa shape index (κ2) is 11.8. The lowest BCUT2D eigenvalue weighted by atomic mass is 9.78. The average Bonchev–Trinajstić information content (AvgIpc) is 2.83. The molecule has 1 saturated heterocycles. The first-order valence-electron chi connectivity index (χ1n) is 11.9. The van der Waals surface area contributed by atoms with E-state index >= 15 is 0 Å². The molecule has 1 aromatic rings. The van der Waals surface area contributed by atoms with Crippen LogP contribution in [0.1, 0.15) is 57.9 Å². The Balaban J connectivity index is 1.63. The molecule has 8 heteroatoms. The first kappa shape index (κ1) is 24.7. The maximum absolute atomic E-state index is 13.1. The number of benzene rings is 1. The fourth-order valence-corrected chi connectivity index (χ4v) is 4.73. The van der Waals surface area contributed by atoms with Crippen LogP contribution in [0.3, 0.4) is 0 Å². The number of hydrogen-bond donors (Lipinski definition) is 3. The number of ether oxygens (including phenoxy) is 1. The summed E-state index contributed by atoms with van der Waals surface area (Å²) in [5, 5.41) is 8.12. The largest absolute Gasteiger partial charge is 0.445 e. The standard InChI is InChI=1S/C25H35N3O5/c1-16(2)11-21(28-25(32)33-15-17-7-4-3-5-8-17)23(30)27-20-13-18-9-6-10-19(12-18)14-26-24(31)22(20)29/h3-5,7-8,16,18-21H,6,9-15H2,1-2H3,(H,26,31)(H,27,30)(H,28,32). The van der Waals surface area contributed by atoms with Gasteiger partial charge in [-0.05, 0) is 49.0 Å². The summed E-state index contributed by atoms with van der Waals surface area (Å²) in [5.74, 6) is -0.955. The van der Waals surface area contributed by atoms with E-state index in [0.29, 0.717) is 25.3 Å². The Morgan fingerprint density at radius 3 is 2.55 bits per heavy atom. The van der Waals surface area contributed by atoms with Gasteiger partial charge in [-0.3, -0.25) is 14.4 Å². The highest BCUT2D eigenvalue weighted by Gasteiger charge is 2.35. The molecular weight excluding hydrogens is 422 g/mol. The first-order valence-corrected chi connectivity index (χ1v) is 11.9. The van der Waals surface area contributed by atoms with Gasteiger partial charge in [-0.15, -0.1) is 0 Å². The first-order chi connectivity index (χ1) is 15.8. The number of Topliss-reactive ketones (excluding diaryl/α,β-unsaturated/α-hetero) is 1.